The molecule has 1 saturated heterocycles. The van der Waals surface area contributed by atoms with Gasteiger partial charge in [0.25, 0.3) is 0 Å². The van der Waals surface area contributed by atoms with Crippen LogP contribution in [0.3, 0.4) is 0 Å². The third kappa shape index (κ3) is 3.21. The van der Waals surface area contributed by atoms with E-state index in [-0.39, 0.29) is 5.91 Å². The molecule has 0 radical (unpaired) electrons. The predicted octanol–water partition coefficient (Wildman–Crippen LogP) is 1.10. The first kappa shape index (κ1) is 11.4. The summed E-state index contributed by atoms with van der Waals surface area (Å²) in [5.74, 6) is -0.173. The van der Waals surface area contributed by atoms with Crippen LogP contribution < -0.4 is 5.43 Å². The molecule has 0 spiro atoms. The van der Waals surface area contributed by atoms with E-state index in [0.717, 1.165) is 5.56 Å². The molecule has 5 heteroatoms. The SMILES string of the molecule is O=C(CCc1ccccc1)NN1CCOC1=O. The highest BCUT2D eigenvalue weighted by molar-refractivity contribution is 5.79. The first-order valence-electron chi connectivity index (χ1n) is 5.53. The quantitative estimate of drug-likeness (QED) is 0.848. The molecule has 2 rings (SSSR count). The van der Waals surface area contributed by atoms with Crippen LogP contribution in [0.2, 0.25) is 0 Å². The van der Waals surface area contributed by atoms with Gasteiger partial charge >= 0.3 is 6.09 Å². The molecule has 0 bridgehead atoms. The minimum absolute atomic E-state index is 0.173. The van der Waals surface area contributed by atoms with Crippen molar-refractivity contribution in [3.63, 3.8) is 0 Å². The molecule has 0 saturated carbocycles. The lowest BCUT2D eigenvalue weighted by atomic mass is 10.1. The summed E-state index contributed by atoms with van der Waals surface area (Å²) in [6, 6.07) is 9.74. The summed E-state index contributed by atoms with van der Waals surface area (Å²) >= 11 is 0. The highest BCUT2D eigenvalue weighted by Crippen LogP contribution is 2.03. The number of benzene rings is 1. The van der Waals surface area contributed by atoms with Crippen molar-refractivity contribution in [3.8, 4) is 0 Å². The third-order valence-corrected chi connectivity index (χ3v) is 2.50. The number of carbonyl (C=O) groups is 2. The van der Waals surface area contributed by atoms with Gasteiger partial charge in [0.2, 0.25) is 5.91 Å². The second kappa shape index (κ2) is 5.34. The maximum Gasteiger partial charge on any atom is 0.428 e. The summed E-state index contributed by atoms with van der Waals surface area (Å²) in [5.41, 5.74) is 3.62. The number of hydrogen-bond donors (Lipinski definition) is 1. The topological polar surface area (TPSA) is 58.6 Å². The van der Waals surface area contributed by atoms with Crippen molar-refractivity contribution in [3.05, 3.63) is 35.9 Å². The molecule has 5 nitrogen and oxygen atoms in total. The second-order valence-corrected chi connectivity index (χ2v) is 3.79. The number of nitrogens with zero attached hydrogens (tertiary/aromatic N) is 1. The Morgan fingerprint density at radius 2 is 2.12 bits per heavy atom. The van der Waals surface area contributed by atoms with E-state index < -0.39 is 6.09 Å². The van der Waals surface area contributed by atoms with Crippen LogP contribution in [0, 0.1) is 0 Å². The van der Waals surface area contributed by atoms with Gasteiger partial charge in [-0.05, 0) is 12.0 Å². The molecule has 17 heavy (non-hydrogen) atoms. The van der Waals surface area contributed by atoms with Crippen LogP contribution in [0.25, 0.3) is 0 Å². The Morgan fingerprint density at radius 1 is 1.35 bits per heavy atom. The first-order valence-corrected chi connectivity index (χ1v) is 5.53. The fraction of sp³-hybridized carbons (Fsp3) is 0.333. The van der Waals surface area contributed by atoms with Crippen molar-refractivity contribution in [2.24, 2.45) is 0 Å². The van der Waals surface area contributed by atoms with Gasteiger partial charge < -0.3 is 4.74 Å². The summed E-state index contributed by atoms with van der Waals surface area (Å²) in [6.07, 6.45) is 0.529. The van der Waals surface area contributed by atoms with Crippen LogP contribution in [0.4, 0.5) is 4.79 Å². The van der Waals surface area contributed by atoms with Crippen molar-refractivity contribution >= 4 is 12.0 Å². The Labute approximate surface area is 99.3 Å². The zero-order valence-electron chi connectivity index (χ0n) is 9.39. The number of ether oxygens (including phenoxy) is 1. The standard InChI is InChI=1S/C12H14N2O3/c15-11(13-14-8-9-17-12(14)16)7-6-10-4-2-1-3-5-10/h1-5H,6-9H2,(H,13,15). The Bertz CT molecular complexity index is 405. The number of carbonyl (C=O) groups excluding carboxylic acids is 2. The molecule has 0 unspecified atom stereocenters. The molecular weight excluding hydrogens is 220 g/mol. The molecule has 0 aromatic heterocycles. The normalized spacial score (nSPS) is 14.6. The van der Waals surface area contributed by atoms with Crippen molar-refractivity contribution in [2.75, 3.05) is 13.2 Å². The van der Waals surface area contributed by atoms with Gasteiger partial charge in [0.1, 0.15) is 6.61 Å². The number of hydrazine groups is 1. The smallest absolute Gasteiger partial charge is 0.428 e. The van der Waals surface area contributed by atoms with Crippen LogP contribution in [0.5, 0.6) is 0 Å². The van der Waals surface area contributed by atoms with E-state index >= 15 is 0 Å². The van der Waals surface area contributed by atoms with Gasteiger partial charge in [0, 0.05) is 6.42 Å². The fourth-order valence-corrected chi connectivity index (χ4v) is 1.60. The van der Waals surface area contributed by atoms with E-state index in [4.69, 9.17) is 4.74 Å². The van der Waals surface area contributed by atoms with Gasteiger partial charge in [-0.25, -0.2) is 9.80 Å². The maximum atomic E-state index is 11.6. The Kier molecular flexibility index (Phi) is 3.59. The highest BCUT2D eigenvalue weighted by atomic mass is 16.6. The van der Waals surface area contributed by atoms with Gasteiger partial charge in [0.15, 0.2) is 0 Å². The maximum absolute atomic E-state index is 11.6. The molecule has 1 heterocycles. The number of aryl methyl sites for hydroxylation is 1. The van der Waals surface area contributed by atoms with E-state index in [9.17, 15) is 9.59 Å². The summed E-state index contributed by atoms with van der Waals surface area (Å²) in [4.78, 5) is 22.6. The largest absolute Gasteiger partial charge is 0.446 e. The lowest BCUT2D eigenvalue weighted by molar-refractivity contribution is -0.124. The van der Waals surface area contributed by atoms with E-state index in [1.54, 1.807) is 0 Å². The van der Waals surface area contributed by atoms with Gasteiger partial charge in [0.05, 0.1) is 6.54 Å². The molecule has 1 fully saturated rings. The second-order valence-electron chi connectivity index (χ2n) is 3.79. The van der Waals surface area contributed by atoms with E-state index in [1.807, 2.05) is 30.3 Å². The number of cyclic esters (lactones) is 1. The zero-order valence-corrected chi connectivity index (χ0v) is 9.39. The third-order valence-electron chi connectivity index (χ3n) is 2.50. The number of nitrogens with one attached hydrogen (secondary N) is 1. The Hall–Kier alpha value is -2.04. The number of hydrogen-bond acceptors (Lipinski definition) is 3. The minimum Gasteiger partial charge on any atom is -0.446 e. The fourth-order valence-electron chi connectivity index (χ4n) is 1.60. The summed E-state index contributed by atoms with van der Waals surface area (Å²) in [6.45, 7) is 0.744. The summed E-state index contributed by atoms with van der Waals surface area (Å²) < 4.78 is 4.70. The van der Waals surface area contributed by atoms with Crippen LogP contribution in [-0.2, 0) is 16.0 Å². The van der Waals surface area contributed by atoms with Crippen molar-refractivity contribution < 1.29 is 14.3 Å². The number of amides is 2. The molecule has 0 aliphatic carbocycles. The predicted molar refractivity (Wildman–Crippen MR) is 61.0 cm³/mol. The van der Waals surface area contributed by atoms with E-state index in [0.29, 0.717) is 26.0 Å². The molecule has 1 aliphatic rings. The number of rotatable bonds is 4. The molecular formula is C12H14N2O3. The van der Waals surface area contributed by atoms with Gasteiger partial charge in [-0.15, -0.1) is 0 Å². The molecule has 1 N–H and O–H groups in total. The molecule has 1 aliphatic heterocycles. The van der Waals surface area contributed by atoms with Crippen molar-refractivity contribution in [1.29, 1.82) is 0 Å². The van der Waals surface area contributed by atoms with Crippen LogP contribution in [0.15, 0.2) is 30.3 Å². The van der Waals surface area contributed by atoms with Crippen LogP contribution >= 0.6 is 0 Å². The Balaban J connectivity index is 1.76. The molecule has 1 aromatic carbocycles. The van der Waals surface area contributed by atoms with Gasteiger partial charge in [-0.2, -0.15) is 0 Å². The summed E-state index contributed by atoms with van der Waals surface area (Å²) in [7, 11) is 0. The lowest BCUT2D eigenvalue weighted by Crippen LogP contribution is -2.42. The van der Waals surface area contributed by atoms with E-state index in [2.05, 4.69) is 5.43 Å². The average Bonchev–Trinajstić information content (AvgIpc) is 2.74. The molecule has 90 valence electrons. The summed E-state index contributed by atoms with van der Waals surface area (Å²) in [5, 5.41) is 1.20. The lowest BCUT2D eigenvalue weighted by Gasteiger charge is -2.13. The molecule has 2 amide bonds. The van der Waals surface area contributed by atoms with Crippen molar-refractivity contribution in [1.82, 2.24) is 10.4 Å². The molecule has 1 aromatic rings. The minimum atomic E-state index is -0.488. The zero-order chi connectivity index (χ0) is 12.1. The molecule has 0 atom stereocenters. The van der Waals surface area contributed by atoms with Crippen molar-refractivity contribution in [2.45, 2.75) is 12.8 Å². The van der Waals surface area contributed by atoms with Crippen LogP contribution in [-0.4, -0.2) is 30.2 Å². The average molecular weight is 234 g/mol. The van der Waals surface area contributed by atoms with Gasteiger partial charge in [-0.3, -0.25) is 10.2 Å². The van der Waals surface area contributed by atoms with Crippen LogP contribution in [0.1, 0.15) is 12.0 Å². The Morgan fingerprint density at radius 3 is 2.76 bits per heavy atom. The highest BCUT2D eigenvalue weighted by Gasteiger charge is 2.23. The van der Waals surface area contributed by atoms with Gasteiger partial charge in [-0.1, -0.05) is 30.3 Å². The van der Waals surface area contributed by atoms with E-state index in [1.165, 1.54) is 5.01 Å². The monoisotopic (exact) mass is 234 g/mol. The first-order chi connectivity index (χ1) is 8.25.